The van der Waals surface area contributed by atoms with Gasteiger partial charge in [-0.3, -0.25) is 4.79 Å². The predicted octanol–water partition coefficient (Wildman–Crippen LogP) is 1.46. The Kier molecular flexibility index (Phi) is 7.73. The van der Waals surface area contributed by atoms with Gasteiger partial charge in [-0.15, -0.1) is 12.4 Å². The number of methoxy groups -OCH3 is 1. The van der Waals surface area contributed by atoms with Crippen LogP contribution in [0.1, 0.15) is 5.56 Å². The van der Waals surface area contributed by atoms with Gasteiger partial charge in [-0.2, -0.15) is 0 Å². The number of benzene rings is 1. The number of hydrogen-bond donors (Lipinski definition) is 2. The third-order valence-corrected chi connectivity index (χ3v) is 2.62. The summed E-state index contributed by atoms with van der Waals surface area (Å²) in [5, 5.41) is 3.04. The van der Waals surface area contributed by atoms with Gasteiger partial charge in [0.1, 0.15) is 0 Å². The first-order valence-corrected chi connectivity index (χ1v) is 5.80. The molecule has 7 heteroatoms. The van der Waals surface area contributed by atoms with Gasteiger partial charge < -0.3 is 20.5 Å². The Morgan fingerprint density at radius 2 is 2.17 bits per heavy atom. The zero-order chi connectivity index (χ0) is 12.8. The first-order chi connectivity index (χ1) is 8.08. The summed E-state index contributed by atoms with van der Waals surface area (Å²) in [6.07, 6.45) is 0. The Bertz CT molecular complexity index is 416. The molecule has 0 atom stereocenters. The minimum atomic E-state index is -0.529. The molecule has 0 radical (unpaired) electrons. The number of amides is 1. The molecule has 0 heterocycles. The molecular weight excluding hydrogens is 323 g/mol. The summed E-state index contributed by atoms with van der Waals surface area (Å²) in [7, 11) is 3.40. The molecule has 1 rings (SSSR count). The van der Waals surface area contributed by atoms with Crippen LogP contribution in [0.15, 0.2) is 16.6 Å². The summed E-state index contributed by atoms with van der Waals surface area (Å²) < 4.78 is 11.2. The lowest BCUT2D eigenvalue weighted by Crippen LogP contribution is -2.20. The molecular formula is C11H16BrClN2O3. The second kappa shape index (κ2) is 8.18. The third-order valence-electron chi connectivity index (χ3n) is 2.03. The van der Waals surface area contributed by atoms with E-state index in [1.807, 2.05) is 19.2 Å². The predicted molar refractivity (Wildman–Crippen MR) is 75.4 cm³/mol. The first-order valence-electron chi connectivity index (χ1n) is 5.00. The minimum Gasteiger partial charge on any atom is -0.493 e. The van der Waals surface area contributed by atoms with Crippen LogP contribution < -0.4 is 20.5 Å². The second-order valence-corrected chi connectivity index (χ2v) is 4.25. The van der Waals surface area contributed by atoms with Crippen molar-refractivity contribution in [3.63, 3.8) is 0 Å². The second-order valence-electron chi connectivity index (χ2n) is 3.39. The Balaban J connectivity index is 0.00000289. The van der Waals surface area contributed by atoms with E-state index in [2.05, 4.69) is 21.2 Å². The maximum absolute atomic E-state index is 10.7. The van der Waals surface area contributed by atoms with Crippen molar-refractivity contribution in [1.82, 2.24) is 5.32 Å². The number of nitrogens with two attached hydrogens (primary N) is 1. The number of carbonyl (C=O) groups is 1. The van der Waals surface area contributed by atoms with Crippen molar-refractivity contribution in [3.8, 4) is 11.5 Å². The lowest BCUT2D eigenvalue weighted by Gasteiger charge is -2.13. The highest BCUT2D eigenvalue weighted by molar-refractivity contribution is 9.10. The van der Waals surface area contributed by atoms with Crippen LogP contribution in [0, 0.1) is 0 Å². The van der Waals surface area contributed by atoms with E-state index in [1.54, 1.807) is 7.11 Å². The lowest BCUT2D eigenvalue weighted by molar-refractivity contribution is -0.119. The molecule has 0 saturated carbocycles. The van der Waals surface area contributed by atoms with Gasteiger partial charge in [-0.05, 0) is 40.7 Å². The highest BCUT2D eigenvalue weighted by Crippen LogP contribution is 2.36. The van der Waals surface area contributed by atoms with Gasteiger partial charge in [0.05, 0.1) is 11.6 Å². The van der Waals surface area contributed by atoms with E-state index in [0.717, 1.165) is 10.0 Å². The Morgan fingerprint density at radius 1 is 1.50 bits per heavy atom. The van der Waals surface area contributed by atoms with E-state index in [-0.39, 0.29) is 19.0 Å². The fourth-order valence-corrected chi connectivity index (χ4v) is 1.97. The van der Waals surface area contributed by atoms with E-state index in [0.29, 0.717) is 18.0 Å². The average molecular weight is 340 g/mol. The van der Waals surface area contributed by atoms with E-state index < -0.39 is 5.91 Å². The van der Waals surface area contributed by atoms with Crippen LogP contribution in [0.25, 0.3) is 0 Å². The highest BCUT2D eigenvalue weighted by Gasteiger charge is 2.12. The molecule has 102 valence electrons. The number of halogens is 2. The summed E-state index contributed by atoms with van der Waals surface area (Å²) in [5.74, 6) is 0.510. The van der Waals surface area contributed by atoms with Gasteiger partial charge in [0.15, 0.2) is 18.1 Å². The monoisotopic (exact) mass is 338 g/mol. The fourth-order valence-electron chi connectivity index (χ4n) is 1.36. The maximum atomic E-state index is 10.7. The van der Waals surface area contributed by atoms with Crippen molar-refractivity contribution in [2.75, 3.05) is 20.8 Å². The van der Waals surface area contributed by atoms with Crippen LogP contribution >= 0.6 is 28.3 Å². The van der Waals surface area contributed by atoms with Gasteiger partial charge in [0.2, 0.25) is 0 Å². The number of hydrogen-bond acceptors (Lipinski definition) is 4. The van der Waals surface area contributed by atoms with Crippen LogP contribution in [0.3, 0.4) is 0 Å². The van der Waals surface area contributed by atoms with E-state index in [9.17, 15) is 4.79 Å². The number of rotatable bonds is 6. The van der Waals surface area contributed by atoms with Crippen LogP contribution in [-0.4, -0.2) is 26.7 Å². The van der Waals surface area contributed by atoms with Crippen molar-refractivity contribution < 1.29 is 14.3 Å². The molecule has 0 unspecified atom stereocenters. The van der Waals surface area contributed by atoms with Crippen molar-refractivity contribution >= 4 is 34.2 Å². The Labute approximate surface area is 121 Å². The molecule has 0 aliphatic rings. The molecule has 0 bridgehead atoms. The third kappa shape index (κ3) is 4.72. The highest BCUT2D eigenvalue weighted by atomic mass is 79.9. The van der Waals surface area contributed by atoms with Crippen LogP contribution in [-0.2, 0) is 11.3 Å². The van der Waals surface area contributed by atoms with E-state index in [1.165, 1.54) is 0 Å². The first kappa shape index (κ1) is 17.0. The van der Waals surface area contributed by atoms with E-state index >= 15 is 0 Å². The van der Waals surface area contributed by atoms with Crippen LogP contribution in [0.5, 0.6) is 11.5 Å². The average Bonchev–Trinajstić information content (AvgIpc) is 2.27. The van der Waals surface area contributed by atoms with Crippen molar-refractivity contribution in [2.24, 2.45) is 5.73 Å². The van der Waals surface area contributed by atoms with Crippen LogP contribution in [0.2, 0.25) is 0 Å². The molecule has 0 aliphatic heterocycles. The standard InChI is InChI=1S/C11H15BrN2O3.ClH/c1-14-5-7-3-8(12)11(9(4-7)16-2)17-6-10(13)15;/h3-4,14H,5-6H2,1-2H3,(H2,13,15);1H. The summed E-state index contributed by atoms with van der Waals surface area (Å²) in [6, 6.07) is 3.74. The lowest BCUT2D eigenvalue weighted by atomic mass is 10.2. The smallest absolute Gasteiger partial charge is 0.255 e. The fraction of sp³-hybridized carbons (Fsp3) is 0.364. The topological polar surface area (TPSA) is 73.6 Å². The normalized spacial score (nSPS) is 9.50. The van der Waals surface area contributed by atoms with Gasteiger partial charge in [-0.1, -0.05) is 0 Å². The van der Waals surface area contributed by atoms with Crippen LogP contribution in [0.4, 0.5) is 0 Å². The maximum Gasteiger partial charge on any atom is 0.255 e. The molecule has 1 aromatic carbocycles. The molecule has 0 saturated heterocycles. The Hall–Kier alpha value is -0.980. The molecule has 0 spiro atoms. The zero-order valence-electron chi connectivity index (χ0n) is 10.2. The molecule has 1 amide bonds. The summed E-state index contributed by atoms with van der Waals surface area (Å²) in [4.78, 5) is 10.7. The number of ether oxygens (including phenoxy) is 2. The summed E-state index contributed by atoms with van der Waals surface area (Å²) in [6.45, 7) is 0.533. The quantitative estimate of drug-likeness (QED) is 0.823. The SMILES string of the molecule is CNCc1cc(Br)c(OCC(N)=O)c(OC)c1.Cl. The van der Waals surface area contributed by atoms with Gasteiger partial charge in [0, 0.05) is 6.54 Å². The van der Waals surface area contributed by atoms with Crippen molar-refractivity contribution in [3.05, 3.63) is 22.2 Å². The van der Waals surface area contributed by atoms with Crippen molar-refractivity contribution in [2.45, 2.75) is 6.54 Å². The molecule has 3 N–H and O–H groups in total. The van der Waals surface area contributed by atoms with Gasteiger partial charge >= 0.3 is 0 Å². The molecule has 1 aromatic rings. The molecule has 0 aromatic heterocycles. The molecule has 5 nitrogen and oxygen atoms in total. The Morgan fingerprint density at radius 3 is 2.67 bits per heavy atom. The number of nitrogens with one attached hydrogen (secondary N) is 1. The number of primary amides is 1. The zero-order valence-corrected chi connectivity index (χ0v) is 12.6. The van der Waals surface area contributed by atoms with Gasteiger partial charge in [0.25, 0.3) is 5.91 Å². The summed E-state index contributed by atoms with van der Waals surface area (Å²) >= 11 is 3.37. The molecule has 0 aliphatic carbocycles. The number of carbonyl (C=O) groups excluding carboxylic acids is 1. The van der Waals surface area contributed by atoms with Gasteiger partial charge in [-0.25, -0.2) is 0 Å². The van der Waals surface area contributed by atoms with Crippen molar-refractivity contribution in [1.29, 1.82) is 0 Å². The molecule has 0 fully saturated rings. The largest absolute Gasteiger partial charge is 0.493 e. The molecule has 18 heavy (non-hydrogen) atoms. The minimum absolute atomic E-state index is 0. The van der Waals surface area contributed by atoms with E-state index in [4.69, 9.17) is 15.2 Å². The summed E-state index contributed by atoms with van der Waals surface area (Å²) in [5.41, 5.74) is 6.07.